The van der Waals surface area contributed by atoms with Crippen LogP contribution >= 0.6 is 46.4 Å². The molecule has 0 aromatic heterocycles. The summed E-state index contributed by atoms with van der Waals surface area (Å²) in [5.41, 5.74) is 7.26. The number of hydrogen-bond donors (Lipinski definition) is 1. The van der Waals surface area contributed by atoms with Crippen molar-refractivity contribution in [2.45, 2.75) is 70.1 Å². The molecule has 0 spiro atoms. The molecule has 0 heterocycles. The topological polar surface area (TPSA) is 69.3 Å². The molecule has 0 bridgehead atoms. The summed E-state index contributed by atoms with van der Waals surface area (Å²) in [6.45, 7) is 20.6. The molecule has 1 N–H and O–H groups in total. The first-order valence-corrected chi connectivity index (χ1v) is 22.7. The first kappa shape index (κ1) is 45.7. The lowest BCUT2D eigenvalue weighted by molar-refractivity contribution is -0.438. The minimum absolute atomic E-state index is 0.229. The van der Waals surface area contributed by atoms with Gasteiger partial charge in [0.15, 0.2) is 6.54 Å². The predicted octanol–water partition coefficient (Wildman–Crippen LogP) is 13.7. The highest BCUT2D eigenvalue weighted by atomic mass is 35.5. The number of hydrogen-bond acceptors (Lipinski definition) is 3. The van der Waals surface area contributed by atoms with E-state index < -0.39 is 10.1 Å². The second-order valence-corrected chi connectivity index (χ2v) is 17.3. The van der Waals surface area contributed by atoms with Crippen molar-refractivity contribution in [2.75, 3.05) is 31.1 Å². The molecule has 0 atom stereocenters. The van der Waals surface area contributed by atoms with Crippen LogP contribution in [0.4, 0.5) is 17.1 Å². The van der Waals surface area contributed by atoms with Crippen LogP contribution in [0, 0.1) is 13.1 Å². The maximum atomic E-state index is 12.8. The molecule has 12 heteroatoms. The summed E-state index contributed by atoms with van der Waals surface area (Å²) in [7, 11) is -4.62. The minimum Gasteiger partial charge on any atom is -0.339 e. The Kier molecular flexibility index (Phi) is 16.8. The second kappa shape index (κ2) is 21.7. The molecule has 4 aromatic rings. The standard InChI is InChI=1S/C47H46Cl4N4O3S/c1-5-7-13-33-29-40(48)46(41(49)30-33)54(27-11-25-52-3)37-21-17-35(18-22-37)45(39-15-9-10-16-44(39)59(56,57)58)36-19-23-38(24-20-36)55(28-12-26-53-4)47-42(50)31-34(14-8-6-2)32-43(47)51/h9-10,15-24,29-32H,5-8,11-14,25-28H2,1-2H3/p+1. The van der Waals surface area contributed by atoms with Crippen LogP contribution in [0.3, 0.4) is 0 Å². The monoisotopic (exact) mass is 887 g/mol. The lowest BCUT2D eigenvalue weighted by Crippen LogP contribution is -2.20. The zero-order valence-electron chi connectivity index (χ0n) is 33.2. The van der Waals surface area contributed by atoms with Crippen LogP contribution in [0.1, 0.15) is 74.6 Å². The van der Waals surface area contributed by atoms with Crippen molar-refractivity contribution >= 4 is 84.9 Å². The van der Waals surface area contributed by atoms with Crippen LogP contribution in [-0.4, -0.2) is 49.4 Å². The Morgan fingerprint density at radius 3 is 1.81 bits per heavy atom. The second-order valence-electron chi connectivity index (χ2n) is 14.2. The summed E-state index contributed by atoms with van der Waals surface area (Å²) in [4.78, 5) is 8.89. The zero-order chi connectivity index (χ0) is 42.5. The minimum atomic E-state index is -4.62. The lowest BCUT2D eigenvalue weighted by Gasteiger charge is -2.27. The molecule has 1 aliphatic carbocycles. The SMILES string of the molecule is [C-]#[N+]CCCN(c1ccc(C(=C2C=CC(=[N+](CCC[N+]#[C-])c3c(Cl)cc(CCCC)cc3Cl)C=C2)c2ccccc2S(=O)(=O)O)cc1)c1c(Cl)cc(CCCC)cc1Cl. The number of rotatable bonds is 18. The van der Waals surface area contributed by atoms with Crippen LogP contribution in [0.15, 0.2) is 108 Å². The molecule has 59 heavy (non-hydrogen) atoms. The average Bonchev–Trinajstić information content (AvgIpc) is 3.21. The lowest BCUT2D eigenvalue weighted by atomic mass is 9.90. The summed E-state index contributed by atoms with van der Waals surface area (Å²) < 4.78 is 38.0. The van der Waals surface area contributed by atoms with Crippen LogP contribution in [0.25, 0.3) is 15.3 Å². The predicted molar refractivity (Wildman–Crippen MR) is 246 cm³/mol. The van der Waals surface area contributed by atoms with Gasteiger partial charge in [-0.3, -0.25) is 4.55 Å². The van der Waals surface area contributed by atoms with Crippen LogP contribution in [0.2, 0.25) is 20.1 Å². The third-order valence-electron chi connectivity index (χ3n) is 10.0. The van der Waals surface area contributed by atoms with E-state index in [0.717, 1.165) is 61.1 Å². The van der Waals surface area contributed by atoms with Crippen molar-refractivity contribution in [3.05, 3.63) is 168 Å². The van der Waals surface area contributed by atoms with Crippen LogP contribution < -0.4 is 4.90 Å². The summed E-state index contributed by atoms with van der Waals surface area (Å²) >= 11 is 27.7. The maximum Gasteiger partial charge on any atom is 0.295 e. The van der Waals surface area contributed by atoms with E-state index in [1.165, 1.54) is 6.07 Å². The molecule has 0 amide bonds. The average molecular weight is 890 g/mol. The van der Waals surface area contributed by atoms with Gasteiger partial charge in [-0.1, -0.05) is 103 Å². The van der Waals surface area contributed by atoms with Crippen molar-refractivity contribution < 1.29 is 17.5 Å². The number of allylic oxidation sites excluding steroid dienone is 5. The van der Waals surface area contributed by atoms with Crippen molar-refractivity contribution in [1.82, 2.24) is 0 Å². The van der Waals surface area contributed by atoms with E-state index in [2.05, 4.69) is 23.5 Å². The molecule has 7 nitrogen and oxygen atoms in total. The van der Waals surface area contributed by atoms with E-state index >= 15 is 0 Å². The van der Waals surface area contributed by atoms with E-state index in [4.69, 9.17) is 59.5 Å². The van der Waals surface area contributed by atoms with Crippen molar-refractivity contribution in [3.63, 3.8) is 0 Å². The number of anilines is 2. The Morgan fingerprint density at radius 1 is 0.729 bits per heavy atom. The van der Waals surface area contributed by atoms with Crippen molar-refractivity contribution in [1.29, 1.82) is 0 Å². The Balaban J connectivity index is 1.65. The van der Waals surface area contributed by atoms with Gasteiger partial charge in [-0.2, -0.15) is 13.0 Å². The maximum absolute atomic E-state index is 12.8. The van der Waals surface area contributed by atoms with E-state index in [0.29, 0.717) is 92.8 Å². The number of aryl methyl sites for hydroxylation is 2. The molecule has 0 radical (unpaired) electrons. The summed E-state index contributed by atoms with van der Waals surface area (Å²) in [5.74, 6) is 0. The number of unbranched alkanes of at least 4 members (excludes halogenated alkanes) is 2. The smallest absolute Gasteiger partial charge is 0.295 e. The molecule has 0 unspecified atom stereocenters. The molecule has 0 saturated carbocycles. The van der Waals surface area contributed by atoms with Gasteiger partial charge >= 0.3 is 0 Å². The van der Waals surface area contributed by atoms with E-state index in [1.807, 2.05) is 82.3 Å². The summed E-state index contributed by atoms with van der Waals surface area (Å²) in [6, 6.07) is 21.8. The van der Waals surface area contributed by atoms with Crippen LogP contribution in [0.5, 0.6) is 0 Å². The first-order valence-electron chi connectivity index (χ1n) is 19.7. The van der Waals surface area contributed by atoms with Gasteiger partial charge in [-0.15, -0.1) is 0 Å². The van der Waals surface area contributed by atoms with Gasteiger partial charge in [0.25, 0.3) is 10.1 Å². The highest BCUT2D eigenvalue weighted by Gasteiger charge is 2.26. The van der Waals surface area contributed by atoms with E-state index in [9.17, 15) is 13.0 Å². The highest BCUT2D eigenvalue weighted by Crippen LogP contribution is 2.41. The fraction of sp³-hybridized carbons (Fsp3) is 0.298. The quantitative estimate of drug-likeness (QED) is 0.0468. The van der Waals surface area contributed by atoms with Gasteiger partial charge in [-0.25, -0.2) is 13.1 Å². The Morgan fingerprint density at radius 2 is 1.27 bits per heavy atom. The van der Waals surface area contributed by atoms with Crippen LogP contribution in [-0.2, 0) is 23.0 Å². The van der Waals surface area contributed by atoms with Gasteiger partial charge < -0.3 is 14.6 Å². The molecule has 0 aliphatic heterocycles. The molecule has 0 saturated heterocycles. The largest absolute Gasteiger partial charge is 0.339 e. The molecule has 0 fully saturated rings. The molecule has 1 aliphatic rings. The van der Waals surface area contributed by atoms with E-state index in [1.54, 1.807) is 18.2 Å². The zero-order valence-corrected chi connectivity index (χ0v) is 37.0. The normalized spacial score (nSPS) is 12.4. The van der Waals surface area contributed by atoms with E-state index in [-0.39, 0.29) is 4.90 Å². The first-order chi connectivity index (χ1) is 28.4. The van der Waals surface area contributed by atoms with Gasteiger partial charge in [0.1, 0.15) is 14.9 Å². The fourth-order valence-corrected chi connectivity index (χ4v) is 9.32. The third kappa shape index (κ3) is 11.7. The molecular formula is C47H47Cl4N4O3S+. The van der Waals surface area contributed by atoms with Gasteiger partial charge in [0.2, 0.25) is 24.5 Å². The number of halogens is 4. The fourth-order valence-electron chi connectivity index (χ4n) is 7.15. The van der Waals surface area contributed by atoms with Crippen molar-refractivity contribution in [2.24, 2.45) is 0 Å². The summed E-state index contributed by atoms with van der Waals surface area (Å²) in [5, 5.41) is 2.07. The van der Waals surface area contributed by atoms with Gasteiger partial charge in [0.05, 0.1) is 22.2 Å². The molecule has 306 valence electrons. The van der Waals surface area contributed by atoms with Gasteiger partial charge in [0, 0.05) is 36.4 Å². The number of nitrogens with zero attached hydrogens (tertiary/aromatic N) is 4. The Labute approximate surface area is 369 Å². The molecular weight excluding hydrogens is 842 g/mol. The third-order valence-corrected chi connectivity index (χ3v) is 12.1. The summed E-state index contributed by atoms with van der Waals surface area (Å²) in [6.07, 6.45) is 14.6. The van der Waals surface area contributed by atoms with Gasteiger partial charge in [-0.05, 0) is 108 Å². The molecule has 5 rings (SSSR count). The molecule has 4 aromatic carbocycles. The van der Waals surface area contributed by atoms with Crippen molar-refractivity contribution in [3.8, 4) is 0 Å². The Hall–Kier alpha value is -4.38. The Bertz CT molecular complexity index is 2420. The number of benzene rings is 4. The highest BCUT2D eigenvalue weighted by molar-refractivity contribution is 7.86.